The second-order valence-corrected chi connectivity index (χ2v) is 4.27. The summed E-state index contributed by atoms with van der Waals surface area (Å²) in [7, 11) is 0. The van der Waals surface area contributed by atoms with Crippen LogP contribution in [0.2, 0.25) is 0 Å². The summed E-state index contributed by atoms with van der Waals surface area (Å²) in [6, 6.07) is 8.66. The van der Waals surface area contributed by atoms with Gasteiger partial charge in [0.05, 0.1) is 0 Å². The topological polar surface area (TPSA) is 57.6 Å². The Bertz CT molecular complexity index is 422. The highest BCUT2D eigenvalue weighted by Gasteiger charge is 2.35. The van der Waals surface area contributed by atoms with Crippen molar-refractivity contribution in [2.45, 2.75) is 25.4 Å². The largest absolute Gasteiger partial charge is 0.480 e. The molecule has 0 saturated carbocycles. The molecule has 0 aliphatic carbocycles. The number of likely N-dealkylation sites (tertiary alicyclic amines) is 1. The predicted octanol–water partition coefficient (Wildman–Crippen LogP) is 1.73. The maximum atomic E-state index is 11.6. The number of Topliss-reactive ketones (excluding diaryl/α,β-unsaturated/α-hetero) is 1. The van der Waals surface area contributed by atoms with E-state index in [0.29, 0.717) is 19.5 Å². The van der Waals surface area contributed by atoms with Gasteiger partial charge in [-0.15, -0.1) is 12.4 Å². The van der Waals surface area contributed by atoms with Crippen molar-refractivity contribution in [1.82, 2.24) is 4.90 Å². The summed E-state index contributed by atoms with van der Waals surface area (Å²) in [5.41, 5.74) is 1.04. The summed E-state index contributed by atoms with van der Waals surface area (Å²) in [4.78, 5) is 24.5. The molecule has 1 N–H and O–H groups in total. The van der Waals surface area contributed by atoms with E-state index in [2.05, 4.69) is 0 Å². The average molecular weight is 270 g/mol. The number of halogens is 1. The Hall–Kier alpha value is -1.39. The zero-order valence-corrected chi connectivity index (χ0v) is 10.7. The maximum absolute atomic E-state index is 11.6. The molecule has 1 heterocycles. The molecule has 0 bridgehead atoms. The molecule has 1 unspecified atom stereocenters. The molecule has 18 heavy (non-hydrogen) atoms. The highest BCUT2D eigenvalue weighted by atomic mass is 35.5. The minimum atomic E-state index is -1.04. The van der Waals surface area contributed by atoms with Gasteiger partial charge in [0.25, 0.3) is 0 Å². The number of carboxylic acids is 1. The molecule has 1 aromatic rings. The first-order chi connectivity index (χ1) is 8.18. The van der Waals surface area contributed by atoms with E-state index in [1.165, 1.54) is 0 Å². The number of benzene rings is 1. The van der Waals surface area contributed by atoms with Gasteiger partial charge in [-0.3, -0.25) is 14.5 Å². The molecule has 4 nitrogen and oxygen atoms in total. The van der Waals surface area contributed by atoms with Crippen LogP contribution in [-0.2, 0) is 16.1 Å². The lowest BCUT2D eigenvalue weighted by atomic mass is 10.00. The molecule has 0 radical (unpaired) electrons. The number of carboxylic acid groups (broad SMARTS) is 1. The summed E-state index contributed by atoms with van der Waals surface area (Å²) in [6.07, 6.45) is 1.12. The monoisotopic (exact) mass is 269 g/mol. The first-order valence-electron chi connectivity index (χ1n) is 5.72. The lowest BCUT2D eigenvalue weighted by Gasteiger charge is -2.31. The van der Waals surface area contributed by atoms with E-state index in [9.17, 15) is 9.59 Å². The van der Waals surface area contributed by atoms with Crippen LogP contribution in [-0.4, -0.2) is 34.3 Å². The number of aliphatic carboxylic acids is 1. The van der Waals surface area contributed by atoms with Crippen molar-refractivity contribution in [3.05, 3.63) is 35.9 Å². The Morgan fingerprint density at radius 2 is 2.00 bits per heavy atom. The number of carbonyl (C=O) groups excluding carboxylic acids is 1. The zero-order chi connectivity index (χ0) is 12.3. The lowest BCUT2D eigenvalue weighted by molar-refractivity contribution is -0.150. The SMILES string of the molecule is Cl.O=C(O)C1C(=O)CCCN1Cc1ccccc1. The Kier molecular flexibility index (Phi) is 5.31. The summed E-state index contributed by atoms with van der Waals surface area (Å²) in [5.74, 6) is -1.22. The molecule has 0 spiro atoms. The second-order valence-electron chi connectivity index (χ2n) is 4.27. The van der Waals surface area contributed by atoms with Gasteiger partial charge in [-0.05, 0) is 12.0 Å². The van der Waals surface area contributed by atoms with Crippen molar-refractivity contribution in [1.29, 1.82) is 0 Å². The van der Waals surface area contributed by atoms with Crippen molar-refractivity contribution in [3.8, 4) is 0 Å². The minimum Gasteiger partial charge on any atom is -0.480 e. The summed E-state index contributed by atoms with van der Waals surface area (Å²) >= 11 is 0. The third-order valence-corrected chi connectivity index (χ3v) is 3.00. The molecule has 0 aromatic heterocycles. The fraction of sp³-hybridized carbons (Fsp3) is 0.385. The van der Waals surface area contributed by atoms with Crippen LogP contribution in [0, 0.1) is 0 Å². The van der Waals surface area contributed by atoms with E-state index in [4.69, 9.17) is 5.11 Å². The standard InChI is InChI=1S/C13H15NO3.ClH/c15-11-7-4-8-14(12(11)13(16)17)9-10-5-2-1-3-6-10;/h1-3,5-6,12H,4,7-9H2,(H,16,17);1H. The van der Waals surface area contributed by atoms with Crippen LogP contribution < -0.4 is 0 Å². The molecular formula is C13H16ClNO3. The number of hydrogen-bond donors (Lipinski definition) is 1. The zero-order valence-electron chi connectivity index (χ0n) is 9.91. The number of carbonyl (C=O) groups is 2. The van der Waals surface area contributed by atoms with Gasteiger partial charge in [-0.2, -0.15) is 0 Å². The number of ketones is 1. The van der Waals surface area contributed by atoms with Crippen LogP contribution >= 0.6 is 12.4 Å². The van der Waals surface area contributed by atoms with E-state index in [-0.39, 0.29) is 18.2 Å². The van der Waals surface area contributed by atoms with Gasteiger partial charge < -0.3 is 5.11 Å². The molecule has 1 fully saturated rings. The summed E-state index contributed by atoms with van der Waals surface area (Å²) in [6.45, 7) is 1.18. The molecule has 1 aromatic carbocycles. The first-order valence-corrected chi connectivity index (χ1v) is 5.72. The Balaban J connectivity index is 0.00000162. The summed E-state index contributed by atoms with van der Waals surface area (Å²) in [5, 5.41) is 9.09. The van der Waals surface area contributed by atoms with E-state index < -0.39 is 12.0 Å². The molecule has 5 heteroatoms. The van der Waals surface area contributed by atoms with Gasteiger partial charge in [0, 0.05) is 19.5 Å². The van der Waals surface area contributed by atoms with Gasteiger partial charge in [-0.1, -0.05) is 30.3 Å². The van der Waals surface area contributed by atoms with Crippen LogP contribution in [0.3, 0.4) is 0 Å². The van der Waals surface area contributed by atoms with Crippen molar-refractivity contribution in [2.75, 3.05) is 6.54 Å². The fourth-order valence-corrected chi connectivity index (χ4v) is 2.21. The molecule has 0 amide bonds. The van der Waals surface area contributed by atoms with Gasteiger partial charge in [0.2, 0.25) is 0 Å². The predicted molar refractivity (Wildman–Crippen MR) is 69.8 cm³/mol. The van der Waals surface area contributed by atoms with E-state index in [0.717, 1.165) is 12.0 Å². The van der Waals surface area contributed by atoms with Gasteiger partial charge in [0.1, 0.15) is 0 Å². The van der Waals surface area contributed by atoms with Crippen LogP contribution in [0.15, 0.2) is 30.3 Å². The molecular weight excluding hydrogens is 254 g/mol. The van der Waals surface area contributed by atoms with E-state index in [1.54, 1.807) is 4.90 Å². The fourth-order valence-electron chi connectivity index (χ4n) is 2.21. The molecule has 1 aliphatic rings. The van der Waals surface area contributed by atoms with Gasteiger partial charge >= 0.3 is 5.97 Å². The molecule has 98 valence electrons. The van der Waals surface area contributed by atoms with Crippen LogP contribution in [0.1, 0.15) is 18.4 Å². The Morgan fingerprint density at radius 1 is 1.33 bits per heavy atom. The van der Waals surface area contributed by atoms with Crippen LogP contribution in [0.4, 0.5) is 0 Å². The average Bonchev–Trinajstić information content (AvgIpc) is 2.30. The van der Waals surface area contributed by atoms with Crippen LogP contribution in [0.5, 0.6) is 0 Å². The summed E-state index contributed by atoms with van der Waals surface area (Å²) < 4.78 is 0. The molecule has 1 aliphatic heterocycles. The molecule has 1 atom stereocenters. The highest BCUT2D eigenvalue weighted by molar-refractivity contribution is 6.02. The number of nitrogens with zero attached hydrogens (tertiary/aromatic N) is 1. The van der Waals surface area contributed by atoms with Crippen LogP contribution in [0.25, 0.3) is 0 Å². The van der Waals surface area contributed by atoms with Gasteiger partial charge in [-0.25, -0.2) is 0 Å². The third kappa shape index (κ3) is 3.31. The molecule has 1 saturated heterocycles. The number of hydrogen-bond acceptors (Lipinski definition) is 3. The van der Waals surface area contributed by atoms with Crippen molar-refractivity contribution in [3.63, 3.8) is 0 Å². The van der Waals surface area contributed by atoms with Crippen molar-refractivity contribution < 1.29 is 14.7 Å². The lowest BCUT2D eigenvalue weighted by Crippen LogP contribution is -2.49. The number of rotatable bonds is 3. The number of piperidine rings is 1. The highest BCUT2D eigenvalue weighted by Crippen LogP contribution is 2.17. The van der Waals surface area contributed by atoms with Gasteiger partial charge in [0.15, 0.2) is 11.8 Å². The normalized spacial score (nSPS) is 20.2. The van der Waals surface area contributed by atoms with E-state index in [1.807, 2.05) is 30.3 Å². The maximum Gasteiger partial charge on any atom is 0.328 e. The first kappa shape index (κ1) is 14.7. The Labute approximate surface area is 112 Å². The third-order valence-electron chi connectivity index (χ3n) is 3.00. The van der Waals surface area contributed by atoms with Crippen molar-refractivity contribution in [2.24, 2.45) is 0 Å². The van der Waals surface area contributed by atoms with Crippen molar-refractivity contribution >= 4 is 24.2 Å². The smallest absolute Gasteiger partial charge is 0.328 e. The second kappa shape index (κ2) is 6.52. The van der Waals surface area contributed by atoms with E-state index >= 15 is 0 Å². The minimum absolute atomic E-state index is 0. The quantitative estimate of drug-likeness (QED) is 0.849. The molecule has 2 rings (SSSR count). The Morgan fingerprint density at radius 3 is 2.61 bits per heavy atom.